The minimum atomic E-state index is -0.153. The summed E-state index contributed by atoms with van der Waals surface area (Å²) in [5.74, 6) is 1.37. The van der Waals surface area contributed by atoms with Gasteiger partial charge in [0, 0.05) is 16.6 Å². The Bertz CT molecular complexity index is 726. The number of hydrogen-bond donors (Lipinski definition) is 2. The van der Waals surface area contributed by atoms with Crippen LogP contribution in [-0.2, 0) is 0 Å². The third-order valence-corrected chi connectivity index (χ3v) is 5.29. The van der Waals surface area contributed by atoms with Gasteiger partial charge in [-0.25, -0.2) is 9.78 Å². The minimum Gasteiger partial charge on any atom is -0.491 e. The number of carbonyl (C=O) groups excluding carboxylic acids is 1. The number of rotatable bonds is 4. The van der Waals surface area contributed by atoms with E-state index in [0.29, 0.717) is 12.5 Å². The molecule has 1 aromatic carbocycles. The van der Waals surface area contributed by atoms with E-state index in [4.69, 9.17) is 4.74 Å². The van der Waals surface area contributed by atoms with Gasteiger partial charge in [-0.1, -0.05) is 18.2 Å². The van der Waals surface area contributed by atoms with Crippen LogP contribution in [0.5, 0.6) is 5.75 Å². The summed E-state index contributed by atoms with van der Waals surface area (Å²) in [4.78, 5) is 18.1. The minimum absolute atomic E-state index is 0.0197. The smallest absolute Gasteiger partial charge is 0.315 e. The number of carbonyl (C=O) groups is 1. The van der Waals surface area contributed by atoms with Gasteiger partial charge in [-0.2, -0.15) is 0 Å². The highest BCUT2D eigenvalue weighted by molar-refractivity contribution is 7.11. The van der Waals surface area contributed by atoms with Crippen molar-refractivity contribution in [2.45, 2.75) is 31.8 Å². The molecule has 0 spiro atoms. The lowest BCUT2D eigenvalue weighted by atomic mass is 10.1. The molecule has 1 fully saturated rings. The first-order chi connectivity index (χ1) is 11.2. The Hall–Kier alpha value is -2.08. The van der Waals surface area contributed by atoms with Crippen LogP contribution in [0.1, 0.15) is 40.4 Å². The van der Waals surface area contributed by atoms with Gasteiger partial charge >= 0.3 is 6.03 Å². The van der Waals surface area contributed by atoms with E-state index in [2.05, 4.69) is 15.6 Å². The van der Waals surface area contributed by atoms with Crippen LogP contribution in [0.15, 0.2) is 30.5 Å². The third kappa shape index (κ3) is 3.03. The number of thiazole rings is 1. The van der Waals surface area contributed by atoms with Crippen LogP contribution in [0.25, 0.3) is 0 Å². The summed E-state index contributed by atoms with van der Waals surface area (Å²) in [5.41, 5.74) is 1.04. The number of para-hydroxylation sites is 1. The number of nitrogens with zero attached hydrogens (tertiary/aromatic N) is 1. The largest absolute Gasteiger partial charge is 0.491 e. The molecule has 2 heterocycles. The molecule has 1 aliphatic heterocycles. The second kappa shape index (κ2) is 5.85. The molecular weight excluding hydrogens is 310 g/mol. The van der Waals surface area contributed by atoms with Gasteiger partial charge in [0.1, 0.15) is 17.4 Å². The normalized spacial score (nSPS) is 20.5. The van der Waals surface area contributed by atoms with Crippen molar-refractivity contribution < 1.29 is 9.53 Å². The van der Waals surface area contributed by atoms with E-state index in [9.17, 15) is 4.79 Å². The Kier molecular flexibility index (Phi) is 3.69. The number of hydrogen-bond acceptors (Lipinski definition) is 4. The van der Waals surface area contributed by atoms with Crippen LogP contribution >= 0.6 is 11.3 Å². The predicted molar refractivity (Wildman–Crippen MR) is 88.7 cm³/mol. The first-order valence-electron chi connectivity index (χ1n) is 7.92. The molecule has 2 N–H and O–H groups in total. The number of aryl methyl sites for hydroxylation is 1. The van der Waals surface area contributed by atoms with Gasteiger partial charge in [0.05, 0.1) is 12.1 Å². The van der Waals surface area contributed by atoms with Gasteiger partial charge in [0.25, 0.3) is 0 Å². The average molecular weight is 329 g/mol. The maximum atomic E-state index is 12.4. The molecule has 2 aromatic rings. The van der Waals surface area contributed by atoms with E-state index in [-0.39, 0.29) is 18.1 Å². The van der Waals surface area contributed by atoms with Crippen molar-refractivity contribution in [3.05, 3.63) is 45.9 Å². The fourth-order valence-electron chi connectivity index (χ4n) is 2.95. The van der Waals surface area contributed by atoms with Gasteiger partial charge in [-0.15, -0.1) is 11.3 Å². The molecule has 1 aromatic heterocycles. The summed E-state index contributed by atoms with van der Waals surface area (Å²) < 4.78 is 5.61. The van der Waals surface area contributed by atoms with E-state index in [0.717, 1.165) is 29.2 Å². The first kappa shape index (κ1) is 14.5. The molecule has 2 amide bonds. The van der Waals surface area contributed by atoms with Crippen molar-refractivity contribution in [3.63, 3.8) is 0 Å². The summed E-state index contributed by atoms with van der Waals surface area (Å²) in [6.45, 7) is 2.52. The molecule has 1 aliphatic carbocycles. The second-order valence-electron chi connectivity index (χ2n) is 6.14. The van der Waals surface area contributed by atoms with Crippen LogP contribution in [0.4, 0.5) is 4.79 Å². The zero-order valence-electron chi connectivity index (χ0n) is 12.9. The Labute approximate surface area is 139 Å². The molecule has 6 heteroatoms. The molecule has 5 nitrogen and oxygen atoms in total. The van der Waals surface area contributed by atoms with Crippen molar-refractivity contribution in [3.8, 4) is 5.75 Å². The van der Waals surface area contributed by atoms with Gasteiger partial charge in [-0.3, -0.25) is 0 Å². The number of benzene rings is 1. The summed E-state index contributed by atoms with van der Waals surface area (Å²) in [7, 11) is 0. The zero-order valence-corrected chi connectivity index (χ0v) is 13.7. The van der Waals surface area contributed by atoms with Crippen molar-refractivity contribution in [1.82, 2.24) is 15.6 Å². The maximum absolute atomic E-state index is 12.4. The monoisotopic (exact) mass is 329 g/mol. The number of amides is 2. The van der Waals surface area contributed by atoms with Crippen molar-refractivity contribution in [2.75, 3.05) is 6.61 Å². The van der Waals surface area contributed by atoms with E-state index < -0.39 is 0 Å². The molecule has 1 saturated carbocycles. The molecule has 4 rings (SSSR count). The number of urea groups is 1. The Morgan fingerprint density at radius 2 is 2.22 bits per heavy atom. The Balaban J connectivity index is 1.43. The number of aromatic nitrogens is 1. The summed E-state index contributed by atoms with van der Waals surface area (Å²) in [5, 5.41) is 7.14. The second-order valence-corrected chi connectivity index (χ2v) is 7.41. The summed E-state index contributed by atoms with van der Waals surface area (Å²) in [6.07, 6.45) is 4.17. The number of nitrogens with one attached hydrogen (secondary N) is 2. The molecule has 0 bridgehead atoms. The van der Waals surface area contributed by atoms with Gasteiger partial charge in [0.2, 0.25) is 0 Å². The fourth-order valence-corrected chi connectivity index (χ4v) is 3.87. The van der Waals surface area contributed by atoms with Crippen LogP contribution < -0.4 is 15.4 Å². The standard InChI is InChI=1S/C17H19N3O2S/c1-10-8-18-16(23-10)15(11-6-7-11)20-17(21)19-13-9-22-14-5-3-2-4-12(13)14/h2-5,8,11,13,15H,6-7,9H2,1H3,(H2,19,20,21)/t13-,15+/m1/s1. The molecule has 23 heavy (non-hydrogen) atoms. The highest BCUT2D eigenvalue weighted by atomic mass is 32.1. The van der Waals surface area contributed by atoms with Gasteiger partial charge in [0.15, 0.2) is 0 Å². The lowest BCUT2D eigenvalue weighted by Gasteiger charge is -2.18. The molecule has 2 aliphatic rings. The first-order valence-corrected chi connectivity index (χ1v) is 8.73. The lowest BCUT2D eigenvalue weighted by Crippen LogP contribution is -2.41. The van der Waals surface area contributed by atoms with Crippen LogP contribution in [0.3, 0.4) is 0 Å². The zero-order chi connectivity index (χ0) is 15.8. The third-order valence-electron chi connectivity index (χ3n) is 4.29. The topological polar surface area (TPSA) is 63.2 Å². The quantitative estimate of drug-likeness (QED) is 0.904. The maximum Gasteiger partial charge on any atom is 0.315 e. The molecule has 2 atom stereocenters. The highest BCUT2D eigenvalue weighted by Crippen LogP contribution is 2.42. The fraction of sp³-hybridized carbons (Fsp3) is 0.412. The number of ether oxygens (including phenoxy) is 1. The molecule has 120 valence electrons. The summed E-state index contributed by atoms with van der Waals surface area (Å²) in [6, 6.07) is 7.60. The summed E-state index contributed by atoms with van der Waals surface area (Å²) >= 11 is 1.66. The van der Waals surface area contributed by atoms with Crippen molar-refractivity contribution >= 4 is 17.4 Å². The molecule has 0 radical (unpaired) electrons. The molecular formula is C17H19N3O2S. The SMILES string of the molecule is Cc1cnc([C@@H](NC(=O)N[C@@H]2COc3ccccc32)C2CC2)s1. The highest BCUT2D eigenvalue weighted by Gasteiger charge is 2.36. The van der Waals surface area contributed by atoms with Gasteiger partial charge in [-0.05, 0) is 31.7 Å². The Morgan fingerprint density at radius 3 is 2.96 bits per heavy atom. The van der Waals surface area contributed by atoms with Crippen molar-refractivity contribution in [2.24, 2.45) is 5.92 Å². The molecule has 0 unspecified atom stereocenters. The lowest BCUT2D eigenvalue weighted by molar-refractivity contribution is 0.227. The van der Waals surface area contributed by atoms with E-state index in [1.807, 2.05) is 37.4 Å². The van der Waals surface area contributed by atoms with Crippen molar-refractivity contribution in [1.29, 1.82) is 0 Å². The van der Waals surface area contributed by atoms with Gasteiger partial charge < -0.3 is 15.4 Å². The van der Waals surface area contributed by atoms with Crippen LogP contribution in [0.2, 0.25) is 0 Å². The van der Waals surface area contributed by atoms with Crippen LogP contribution in [0, 0.1) is 12.8 Å². The van der Waals surface area contributed by atoms with E-state index >= 15 is 0 Å². The number of fused-ring (bicyclic) bond motifs is 1. The van der Waals surface area contributed by atoms with E-state index in [1.165, 1.54) is 4.88 Å². The predicted octanol–water partition coefficient (Wildman–Crippen LogP) is 3.34. The van der Waals surface area contributed by atoms with E-state index in [1.54, 1.807) is 11.3 Å². The van der Waals surface area contributed by atoms with Crippen LogP contribution in [-0.4, -0.2) is 17.6 Å². The molecule has 0 saturated heterocycles. The average Bonchev–Trinajstić information content (AvgIpc) is 3.18. The Morgan fingerprint density at radius 1 is 1.39 bits per heavy atom.